The molecule has 0 heterocycles. The summed E-state index contributed by atoms with van der Waals surface area (Å²) in [7, 11) is 0. The molecule has 61 heavy (non-hydrogen) atoms. The van der Waals surface area contributed by atoms with Crippen LogP contribution in [0.2, 0.25) is 0 Å². The van der Waals surface area contributed by atoms with E-state index in [1.54, 1.807) is 0 Å². The Bertz CT molecular complexity index is 1070. The molecule has 0 radical (unpaired) electrons. The number of hydrogen-bond donors (Lipinski definition) is 0. The Morgan fingerprint density at radius 2 is 0.590 bits per heavy atom. The van der Waals surface area contributed by atoms with E-state index in [0.29, 0.717) is 19.3 Å². The second-order valence-corrected chi connectivity index (χ2v) is 17.4. The van der Waals surface area contributed by atoms with Gasteiger partial charge in [-0.3, -0.25) is 14.4 Å². The van der Waals surface area contributed by atoms with Crippen molar-refractivity contribution in [3.8, 4) is 0 Å². The van der Waals surface area contributed by atoms with E-state index in [1.165, 1.54) is 135 Å². The Balaban J connectivity index is 4.22. The van der Waals surface area contributed by atoms with E-state index in [0.717, 1.165) is 89.9 Å². The van der Waals surface area contributed by atoms with Crippen molar-refractivity contribution in [2.75, 3.05) is 13.2 Å². The van der Waals surface area contributed by atoms with Gasteiger partial charge >= 0.3 is 17.9 Å². The van der Waals surface area contributed by atoms with Gasteiger partial charge < -0.3 is 14.2 Å². The molecule has 0 aliphatic heterocycles. The summed E-state index contributed by atoms with van der Waals surface area (Å²) in [5, 5.41) is 0. The van der Waals surface area contributed by atoms with Gasteiger partial charge in [-0.15, -0.1) is 0 Å². The molecule has 0 aromatic carbocycles. The lowest BCUT2D eigenvalue weighted by molar-refractivity contribution is -0.167. The minimum Gasteiger partial charge on any atom is -0.462 e. The maximum Gasteiger partial charge on any atom is 0.306 e. The molecule has 0 bridgehead atoms. The lowest BCUT2D eigenvalue weighted by Gasteiger charge is -2.18. The van der Waals surface area contributed by atoms with Gasteiger partial charge in [0.15, 0.2) is 6.10 Å². The maximum atomic E-state index is 12.7. The van der Waals surface area contributed by atoms with Crippen LogP contribution in [0.4, 0.5) is 0 Å². The number of carbonyl (C=O) groups is 3. The third-order valence-electron chi connectivity index (χ3n) is 11.3. The van der Waals surface area contributed by atoms with Crippen molar-refractivity contribution in [3.63, 3.8) is 0 Å². The normalized spacial score (nSPS) is 12.4. The number of unbranched alkanes of at least 4 members (excludes halogenated alkanes) is 28. The highest BCUT2D eigenvalue weighted by atomic mass is 16.6. The molecule has 0 aliphatic carbocycles. The molecule has 0 saturated carbocycles. The van der Waals surface area contributed by atoms with Gasteiger partial charge in [0.05, 0.1) is 0 Å². The van der Waals surface area contributed by atoms with Gasteiger partial charge in [0.1, 0.15) is 13.2 Å². The molecular formula is C55H98O6. The zero-order chi connectivity index (χ0) is 44.4. The lowest BCUT2D eigenvalue weighted by atomic mass is 10.1. The summed E-state index contributed by atoms with van der Waals surface area (Å²) in [6.45, 7) is 6.57. The van der Waals surface area contributed by atoms with Crippen molar-refractivity contribution < 1.29 is 28.6 Å². The summed E-state index contributed by atoms with van der Waals surface area (Å²) in [6.07, 6.45) is 59.6. The number of carbonyl (C=O) groups excluding carboxylic acids is 3. The van der Waals surface area contributed by atoms with E-state index < -0.39 is 6.10 Å². The molecule has 0 aromatic rings. The van der Waals surface area contributed by atoms with Crippen molar-refractivity contribution in [1.82, 2.24) is 0 Å². The molecule has 1 unspecified atom stereocenters. The summed E-state index contributed by atoms with van der Waals surface area (Å²) < 4.78 is 16.7. The van der Waals surface area contributed by atoms with Gasteiger partial charge in [-0.05, 0) is 83.5 Å². The van der Waals surface area contributed by atoms with Crippen LogP contribution in [-0.2, 0) is 28.6 Å². The molecule has 0 amide bonds. The first-order valence-electron chi connectivity index (χ1n) is 26.1. The molecule has 0 spiro atoms. The first kappa shape index (κ1) is 58.4. The SMILES string of the molecule is CCCCC/C=C\CCCCCCCC(=O)OC(COC(=O)CCCCCCCCCC)COC(=O)CCCCCCCCCC/C=C\C/C=C\C/C=C\CCCCCCC. The van der Waals surface area contributed by atoms with Crippen LogP contribution in [0.25, 0.3) is 0 Å². The molecule has 0 rings (SSSR count). The minimum atomic E-state index is -0.776. The number of rotatable bonds is 47. The largest absolute Gasteiger partial charge is 0.462 e. The number of hydrogen-bond acceptors (Lipinski definition) is 6. The predicted octanol–water partition coefficient (Wildman–Crippen LogP) is 17.1. The topological polar surface area (TPSA) is 78.9 Å². The quantitative estimate of drug-likeness (QED) is 0.0263. The number of allylic oxidation sites excluding steroid dienone is 8. The van der Waals surface area contributed by atoms with Crippen LogP contribution < -0.4 is 0 Å². The van der Waals surface area contributed by atoms with Crippen LogP contribution >= 0.6 is 0 Å². The van der Waals surface area contributed by atoms with Gasteiger partial charge in [0.2, 0.25) is 0 Å². The summed E-state index contributed by atoms with van der Waals surface area (Å²) >= 11 is 0. The summed E-state index contributed by atoms with van der Waals surface area (Å²) in [6, 6.07) is 0. The molecule has 0 aliphatic rings. The van der Waals surface area contributed by atoms with Gasteiger partial charge in [-0.1, -0.05) is 211 Å². The first-order chi connectivity index (χ1) is 30.0. The second-order valence-electron chi connectivity index (χ2n) is 17.4. The van der Waals surface area contributed by atoms with Crippen molar-refractivity contribution in [2.45, 2.75) is 271 Å². The Labute approximate surface area is 378 Å². The van der Waals surface area contributed by atoms with E-state index in [1.807, 2.05) is 0 Å². The van der Waals surface area contributed by atoms with Crippen LogP contribution in [-0.4, -0.2) is 37.2 Å². The Kier molecular flexibility index (Phi) is 47.9. The van der Waals surface area contributed by atoms with Gasteiger partial charge in [0.25, 0.3) is 0 Å². The van der Waals surface area contributed by atoms with Gasteiger partial charge in [-0.2, -0.15) is 0 Å². The average Bonchev–Trinajstić information content (AvgIpc) is 3.26. The molecule has 354 valence electrons. The fourth-order valence-corrected chi connectivity index (χ4v) is 7.33. The third kappa shape index (κ3) is 48.3. The van der Waals surface area contributed by atoms with E-state index in [4.69, 9.17) is 14.2 Å². The highest BCUT2D eigenvalue weighted by molar-refractivity contribution is 5.71. The van der Waals surface area contributed by atoms with E-state index >= 15 is 0 Å². The van der Waals surface area contributed by atoms with Crippen LogP contribution in [0, 0.1) is 0 Å². The zero-order valence-electron chi connectivity index (χ0n) is 40.4. The van der Waals surface area contributed by atoms with Gasteiger partial charge in [-0.25, -0.2) is 0 Å². The smallest absolute Gasteiger partial charge is 0.306 e. The van der Waals surface area contributed by atoms with Crippen LogP contribution in [0.3, 0.4) is 0 Å². The summed E-state index contributed by atoms with van der Waals surface area (Å²) in [5.41, 5.74) is 0. The highest BCUT2D eigenvalue weighted by Crippen LogP contribution is 2.14. The van der Waals surface area contributed by atoms with Gasteiger partial charge in [0, 0.05) is 19.3 Å². The molecule has 0 N–H and O–H groups in total. The van der Waals surface area contributed by atoms with Crippen molar-refractivity contribution in [2.24, 2.45) is 0 Å². The number of esters is 3. The average molecular weight is 855 g/mol. The van der Waals surface area contributed by atoms with Crippen LogP contribution in [0.1, 0.15) is 265 Å². The Hall–Kier alpha value is -2.63. The maximum absolute atomic E-state index is 12.7. The number of ether oxygens (including phenoxy) is 3. The molecule has 1 atom stereocenters. The fourth-order valence-electron chi connectivity index (χ4n) is 7.33. The van der Waals surface area contributed by atoms with Crippen LogP contribution in [0.5, 0.6) is 0 Å². The van der Waals surface area contributed by atoms with E-state index in [9.17, 15) is 14.4 Å². The van der Waals surface area contributed by atoms with Crippen molar-refractivity contribution >= 4 is 17.9 Å². The van der Waals surface area contributed by atoms with Crippen molar-refractivity contribution in [1.29, 1.82) is 0 Å². The molecule has 6 heteroatoms. The Morgan fingerprint density at radius 1 is 0.328 bits per heavy atom. The van der Waals surface area contributed by atoms with E-state index in [-0.39, 0.29) is 31.1 Å². The summed E-state index contributed by atoms with van der Waals surface area (Å²) in [5.74, 6) is -0.894. The minimum absolute atomic E-state index is 0.0775. The fraction of sp³-hybridized carbons (Fsp3) is 0.800. The van der Waals surface area contributed by atoms with Crippen LogP contribution in [0.15, 0.2) is 48.6 Å². The second kappa shape index (κ2) is 50.0. The zero-order valence-corrected chi connectivity index (χ0v) is 40.4. The standard InChI is InChI=1S/C55H98O6/c1-4-7-10-13-16-19-21-23-24-25-26-27-28-29-30-31-32-33-35-36-39-42-45-48-54(57)60-51-52(50-59-53(56)47-44-41-38-18-15-12-9-6-3)61-55(58)49-46-43-40-37-34-22-20-17-14-11-8-5-2/h17,20-21,23,25-26,28-29,52H,4-16,18-19,22,24,27,30-51H2,1-3H3/b20-17-,23-21-,26-25-,29-28-. The third-order valence-corrected chi connectivity index (χ3v) is 11.3. The van der Waals surface area contributed by atoms with Crippen molar-refractivity contribution in [3.05, 3.63) is 48.6 Å². The molecule has 6 nitrogen and oxygen atoms in total. The monoisotopic (exact) mass is 855 g/mol. The first-order valence-corrected chi connectivity index (χ1v) is 26.1. The highest BCUT2D eigenvalue weighted by Gasteiger charge is 2.19. The van der Waals surface area contributed by atoms with E-state index in [2.05, 4.69) is 69.4 Å². The predicted molar refractivity (Wildman–Crippen MR) is 261 cm³/mol. The lowest BCUT2D eigenvalue weighted by Crippen LogP contribution is -2.30. The summed E-state index contributed by atoms with van der Waals surface area (Å²) in [4.78, 5) is 37.8. The molecule has 0 saturated heterocycles. The molecule has 0 aromatic heterocycles. The molecular weight excluding hydrogens is 757 g/mol. The molecule has 0 fully saturated rings. The Morgan fingerprint density at radius 3 is 0.967 bits per heavy atom.